The van der Waals surface area contributed by atoms with Crippen LogP contribution in [0.5, 0.6) is 0 Å². The maximum atomic E-state index is 12.7. The second-order valence-corrected chi connectivity index (χ2v) is 4.89. The normalized spacial score (nSPS) is 14.3. The minimum Gasteiger partial charge on any atom is -0.478 e. The molecule has 0 amide bonds. The van der Waals surface area contributed by atoms with E-state index in [1.54, 1.807) is 11.8 Å². The molecule has 5 nitrogen and oxygen atoms in total. The molecule has 0 rings (SSSR count). The van der Waals surface area contributed by atoms with Gasteiger partial charge < -0.3 is 21.5 Å². The summed E-state index contributed by atoms with van der Waals surface area (Å²) < 4.78 is 38.0. The number of aliphatic carboxylic acids is 1. The maximum absolute atomic E-state index is 12.7. The van der Waals surface area contributed by atoms with E-state index in [1.807, 2.05) is 6.92 Å². The van der Waals surface area contributed by atoms with E-state index in [0.29, 0.717) is 13.1 Å². The average Bonchev–Trinajstić information content (AvgIpc) is 2.41. The molecule has 0 aromatic heterocycles. The summed E-state index contributed by atoms with van der Waals surface area (Å²) in [5.41, 5.74) is 8.19. The predicted octanol–water partition coefficient (Wildman–Crippen LogP) is 2.55. The summed E-state index contributed by atoms with van der Waals surface area (Å²) in [6.07, 6.45) is -2.14. The Labute approximate surface area is 128 Å². The highest BCUT2D eigenvalue weighted by Crippen LogP contribution is 2.28. The number of nitrogens with zero attached hydrogens (tertiary/aromatic N) is 1. The number of nitrogens with two attached hydrogens (primary N) is 2. The third kappa shape index (κ3) is 5.50. The van der Waals surface area contributed by atoms with E-state index in [9.17, 15) is 23.1 Å². The van der Waals surface area contributed by atoms with Gasteiger partial charge >= 0.3 is 12.1 Å². The molecule has 0 radical (unpaired) electrons. The third-order valence-electron chi connectivity index (χ3n) is 3.31. The number of unbranched alkanes of at least 4 members (excludes halogenated alkanes) is 2. The van der Waals surface area contributed by atoms with E-state index >= 15 is 0 Å². The fraction of sp³-hybridized carbons (Fsp3) is 0.643. The second-order valence-electron chi connectivity index (χ2n) is 4.89. The van der Waals surface area contributed by atoms with E-state index in [4.69, 9.17) is 11.5 Å². The molecular weight excluding hydrogens is 299 g/mol. The topological polar surface area (TPSA) is 92.6 Å². The molecule has 0 aromatic rings. The largest absolute Gasteiger partial charge is 0.478 e. The van der Waals surface area contributed by atoms with E-state index in [-0.39, 0.29) is 5.82 Å². The van der Waals surface area contributed by atoms with Crippen molar-refractivity contribution < 1.29 is 23.1 Å². The number of hydrogen-bond donors (Lipinski definition) is 3. The highest BCUT2D eigenvalue weighted by molar-refractivity contribution is 5.92. The van der Waals surface area contributed by atoms with Gasteiger partial charge in [-0.2, -0.15) is 13.2 Å². The molecule has 0 bridgehead atoms. The Morgan fingerprint density at radius 3 is 2.09 bits per heavy atom. The SMILES string of the molecule is CCCCCN(CC)/C(N)=C(C(=O)O)/C(C)=C(\N)C(F)(F)F. The van der Waals surface area contributed by atoms with E-state index in [0.717, 1.165) is 26.2 Å². The van der Waals surface area contributed by atoms with Gasteiger partial charge in [-0.3, -0.25) is 0 Å². The lowest BCUT2D eigenvalue weighted by molar-refractivity contribution is -0.132. The monoisotopic (exact) mass is 323 g/mol. The molecule has 5 N–H and O–H groups in total. The number of hydrogen-bond acceptors (Lipinski definition) is 4. The van der Waals surface area contributed by atoms with Gasteiger partial charge in [0, 0.05) is 13.1 Å². The van der Waals surface area contributed by atoms with Crippen LogP contribution in [-0.4, -0.2) is 35.2 Å². The maximum Gasteiger partial charge on any atom is 0.431 e. The van der Waals surface area contributed by atoms with Gasteiger partial charge in [-0.05, 0) is 25.8 Å². The highest BCUT2D eigenvalue weighted by Gasteiger charge is 2.35. The fourth-order valence-corrected chi connectivity index (χ4v) is 1.97. The quantitative estimate of drug-likeness (QED) is 0.363. The van der Waals surface area contributed by atoms with Crippen molar-refractivity contribution in [2.45, 2.75) is 46.2 Å². The summed E-state index contributed by atoms with van der Waals surface area (Å²) >= 11 is 0. The second kappa shape index (κ2) is 8.55. The molecule has 0 unspecified atom stereocenters. The standard InChI is InChI=1S/C14H24F3N3O2/c1-4-6-7-8-20(5-2)12(19)10(13(21)22)9(3)11(18)14(15,16)17/h4-8,18-19H2,1-3H3,(H,21,22)/b11-9-,12-10-. The van der Waals surface area contributed by atoms with Crippen molar-refractivity contribution in [2.24, 2.45) is 11.5 Å². The Hall–Kier alpha value is -1.86. The Kier molecular flexibility index (Phi) is 7.83. The minimum absolute atomic E-state index is 0.198. The van der Waals surface area contributed by atoms with Gasteiger partial charge in [-0.1, -0.05) is 19.8 Å². The zero-order valence-corrected chi connectivity index (χ0v) is 13.1. The molecule has 0 aliphatic rings. The van der Waals surface area contributed by atoms with E-state index in [1.165, 1.54) is 0 Å². The minimum atomic E-state index is -4.80. The molecule has 0 atom stereocenters. The van der Waals surface area contributed by atoms with Crippen molar-refractivity contribution in [1.29, 1.82) is 0 Å². The summed E-state index contributed by atoms with van der Waals surface area (Å²) in [4.78, 5) is 12.9. The molecular formula is C14H24F3N3O2. The van der Waals surface area contributed by atoms with Crippen LogP contribution in [0.2, 0.25) is 0 Å². The van der Waals surface area contributed by atoms with Gasteiger partial charge in [0.2, 0.25) is 0 Å². The smallest absolute Gasteiger partial charge is 0.431 e. The average molecular weight is 323 g/mol. The molecule has 0 fully saturated rings. The third-order valence-corrected chi connectivity index (χ3v) is 3.31. The summed E-state index contributed by atoms with van der Waals surface area (Å²) in [5, 5.41) is 9.22. The lowest BCUT2D eigenvalue weighted by Crippen LogP contribution is -2.33. The summed E-state index contributed by atoms with van der Waals surface area (Å²) in [6, 6.07) is 0. The molecule has 8 heteroatoms. The molecule has 0 saturated heterocycles. The van der Waals surface area contributed by atoms with Crippen molar-refractivity contribution in [1.82, 2.24) is 4.90 Å². The lowest BCUT2D eigenvalue weighted by atomic mass is 10.0. The number of allylic oxidation sites excluding steroid dienone is 1. The molecule has 0 aromatic carbocycles. The Morgan fingerprint density at radius 2 is 1.73 bits per heavy atom. The molecule has 0 saturated carbocycles. The van der Waals surface area contributed by atoms with Gasteiger partial charge in [0.25, 0.3) is 0 Å². The first-order valence-corrected chi connectivity index (χ1v) is 7.09. The van der Waals surface area contributed by atoms with Crippen LogP contribution in [0.3, 0.4) is 0 Å². The lowest BCUT2D eigenvalue weighted by Gasteiger charge is -2.25. The first kappa shape index (κ1) is 20.1. The first-order chi connectivity index (χ1) is 10.1. The molecule has 0 aliphatic carbocycles. The Morgan fingerprint density at radius 1 is 1.18 bits per heavy atom. The van der Waals surface area contributed by atoms with Crippen LogP contribution >= 0.6 is 0 Å². The van der Waals surface area contributed by atoms with Crippen LogP contribution < -0.4 is 11.5 Å². The molecule has 0 heterocycles. The zero-order valence-electron chi connectivity index (χ0n) is 13.1. The van der Waals surface area contributed by atoms with Crippen LogP contribution in [0, 0.1) is 0 Å². The number of halogens is 3. The van der Waals surface area contributed by atoms with Gasteiger partial charge in [0.05, 0.1) is 0 Å². The van der Waals surface area contributed by atoms with Crippen molar-refractivity contribution in [3.05, 3.63) is 22.7 Å². The predicted molar refractivity (Wildman–Crippen MR) is 78.6 cm³/mol. The van der Waals surface area contributed by atoms with Crippen molar-refractivity contribution in [3.63, 3.8) is 0 Å². The van der Waals surface area contributed by atoms with Crippen molar-refractivity contribution in [2.75, 3.05) is 13.1 Å². The van der Waals surface area contributed by atoms with Crippen molar-refractivity contribution in [3.8, 4) is 0 Å². The molecule has 128 valence electrons. The van der Waals surface area contributed by atoms with E-state index < -0.39 is 29.0 Å². The summed E-state index contributed by atoms with van der Waals surface area (Å²) in [5.74, 6) is -1.73. The van der Waals surface area contributed by atoms with Crippen LogP contribution in [-0.2, 0) is 4.79 Å². The number of carboxylic acid groups (broad SMARTS) is 1. The number of carboxylic acids is 1. The van der Waals surface area contributed by atoms with Crippen LogP contribution in [0.1, 0.15) is 40.0 Å². The number of alkyl halides is 3. The van der Waals surface area contributed by atoms with Gasteiger partial charge in [-0.25, -0.2) is 4.79 Å². The van der Waals surface area contributed by atoms with Crippen LogP contribution in [0.15, 0.2) is 22.7 Å². The fourth-order valence-electron chi connectivity index (χ4n) is 1.97. The van der Waals surface area contributed by atoms with Crippen LogP contribution in [0.4, 0.5) is 13.2 Å². The van der Waals surface area contributed by atoms with Gasteiger partial charge in [-0.15, -0.1) is 0 Å². The van der Waals surface area contributed by atoms with E-state index in [2.05, 4.69) is 0 Å². The number of carbonyl (C=O) groups is 1. The first-order valence-electron chi connectivity index (χ1n) is 7.09. The van der Waals surface area contributed by atoms with Crippen molar-refractivity contribution >= 4 is 5.97 Å². The Balaban J connectivity index is 5.74. The highest BCUT2D eigenvalue weighted by atomic mass is 19.4. The molecule has 0 aliphatic heterocycles. The Bertz CT molecular complexity index is 457. The summed E-state index contributed by atoms with van der Waals surface area (Å²) in [7, 11) is 0. The van der Waals surface area contributed by atoms with Crippen LogP contribution in [0.25, 0.3) is 0 Å². The molecule has 0 spiro atoms. The van der Waals surface area contributed by atoms with Gasteiger partial charge in [0.1, 0.15) is 17.1 Å². The molecule has 22 heavy (non-hydrogen) atoms. The summed E-state index contributed by atoms with van der Waals surface area (Å²) in [6.45, 7) is 5.65. The number of rotatable bonds is 8. The van der Waals surface area contributed by atoms with Gasteiger partial charge in [0.15, 0.2) is 0 Å². The zero-order chi connectivity index (χ0) is 17.5.